The van der Waals surface area contributed by atoms with Crippen LogP contribution in [0.2, 0.25) is 0 Å². The molecular weight excluding hydrogens is 392 g/mol. The molecule has 0 aliphatic heterocycles. The van der Waals surface area contributed by atoms with Gasteiger partial charge in [0.15, 0.2) is 11.5 Å². The van der Waals surface area contributed by atoms with Crippen LogP contribution in [0.15, 0.2) is 23.7 Å². The molecule has 0 spiro atoms. The smallest absolute Gasteiger partial charge is 0.224 e. The van der Waals surface area contributed by atoms with Crippen LogP contribution in [-0.2, 0) is 19.1 Å². The lowest BCUT2D eigenvalue weighted by atomic mass is 10.1. The van der Waals surface area contributed by atoms with E-state index in [1.165, 1.54) is 12.2 Å². The van der Waals surface area contributed by atoms with Crippen molar-refractivity contribution in [3.63, 3.8) is 0 Å². The van der Waals surface area contributed by atoms with Crippen LogP contribution < -0.4 is 0 Å². The fourth-order valence-corrected chi connectivity index (χ4v) is 2.30. The molecule has 0 unspecified atom stereocenters. The van der Waals surface area contributed by atoms with Crippen molar-refractivity contribution in [2.75, 3.05) is 23.9 Å². The highest BCUT2D eigenvalue weighted by Gasteiger charge is 2.22. The van der Waals surface area contributed by atoms with E-state index in [4.69, 9.17) is 9.47 Å². The van der Waals surface area contributed by atoms with E-state index in [0.717, 1.165) is 36.3 Å². The number of rotatable bonds is 10. The van der Waals surface area contributed by atoms with Gasteiger partial charge in [0.1, 0.15) is 0 Å². The molecule has 0 aromatic heterocycles. The van der Waals surface area contributed by atoms with Crippen LogP contribution >= 0.6 is 31.9 Å². The van der Waals surface area contributed by atoms with Crippen molar-refractivity contribution in [2.45, 2.75) is 25.7 Å². The maximum Gasteiger partial charge on any atom is 0.224 e. The van der Waals surface area contributed by atoms with Gasteiger partial charge in [-0.2, -0.15) is 0 Å². The molecule has 1 aliphatic rings. The van der Waals surface area contributed by atoms with Gasteiger partial charge in [0, 0.05) is 22.8 Å². The third-order valence-electron chi connectivity index (χ3n) is 2.58. The zero-order valence-electron chi connectivity index (χ0n) is 11.2. The Bertz CT molecular complexity index is 364. The first-order chi connectivity index (χ1) is 9.69. The summed E-state index contributed by atoms with van der Waals surface area (Å²) >= 11 is 6.64. The van der Waals surface area contributed by atoms with E-state index in [1.807, 2.05) is 0 Å². The molecule has 0 radical (unpaired) electrons. The Labute approximate surface area is 135 Å². The molecule has 6 heteroatoms. The lowest BCUT2D eigenvalue weighted by molar-refractivity contribution is -0.119. The molecule has 0 saturated heterocycles. The van der Waals surface area contributed by atoms with Gasteiger partial charge in [-0.15, -0.1) is 0 Å². The van der Waals surface area contributed by atoms with Gasteiger partial charge in [-0.3, -0.25) is 9.59 Å². The first-order valence-electron chi connectivity index (χ1n) is 6.58. The minimum absolute atomic E-state index is 0.109. The molecule has 4 nitrogen and oxygen atoms in total. The Morgan fingerprint density at radius 1 is 0.750 bits per heavy atom. The molecule has 1 rings (SSSR count). The second kappa shape index (κ2) is 10.2. The molecule has 0 amide bonds. The lowest BCUT2D eigenvalue weighted by Crippen LogP contribution is -2.17. The molecule has 0 aromatic carbocycles. The summed E-state index contributed by atoms with van der Waals surface area (Å²) in [6.07, 6.45) is 6.04. The number of halogens is 2. The van der Waals surface area contributed by atoms with E-state index < -0.39 is 0 Å². The summed E-state index contributed by atoms with van der Waals surface area (Å²) in [5, 5.41) is 1.79. The van der Waals surface area contributed by atoms with Gasteiger partial charge in [0.25, 0.3) is 0 Å². The number of carbonyl (C=O) groups excluding carboxylic acids is 2. The monoisotopic (exact) mass is 408 g/mol. The molecule has 112 valence electrons. The van der Waals surface area contributed by atoms with Crippen molar-refractivity contribution in [3.8, 4) is 0 Å². The van der Waals surface area contributed by atoms with E-state index >= 15 is 0 Å². The third kappa shape index (κ3) is 6.22. The Balaban J connectivity index is 2.41. The summed E-state index contributed by atoms with van der Waals surface area (Å²) in [5.41, 5.74) is 0. The van der Waals surface area contributed by atoms with Crippen molar-refractivity contribution >= 4 is 43.4 Å². The normalized spacial score (nSPS) is 14.9. The minimum Gasteiger partial charge on any atom is -0.489 e. The van der Waals surface area contributed by atoms with Crippen molar-refractivity contribution in [1.82, 2.24) is 0 Å². The summed E-state index contributed by atoms with van der Waals surface area (Å²) in [6.45, 7) is 0.872. The number of carbonyl (C=O) groups is 2. The van der Waals surface area contributed by atoms with Crippen molar-refractivity contribution in [2.24, 2.45) is 0 Å². The first-order valence-corrected chi connectivity index (χ1v) is 8.83. The second-order valence-corrected chi connectivity index (χ2v) is 5.82. The van der Waals surface area contributed by atoms with Gasteiger partial charge in [-0.25, -0.2) is 0 Å². The largest absolute Gasteiger partial charge is 0.489 e. The molecule has 20 heavy (non-hydrogen) atoms. The predicted octanol–water partition coefficient (Wildman–Crippen LogP) is 3.29. The zero-order chi connectivity index (χ0) is 14.8. The van der Waals surface area contributed by atoms with Gasteiger partial charge in [-0.1, -0.05) is 31.9 Å². The van der Waals surface area contributed by atoms with Crippen molar-refractivity contribution in [3.05, 3.63) is 23.7 Å². The summed E-state index contributed by atoms with van der Waals surface area (Å²) < 4.78 is 10.6. The number of unbranched alkanes of at least 4 members (excludes halogenated alkanes) is 2. The molecule has 0 fully saturated rings. The molecule has 1 aliphatic carbocycles. The van der Waals surface area contributed by atoms with Gasteiger partial charge >= 0.3 is 0 Å². The van der Waals surface area contributed by atoms with Crippen molar-refractivity contribution in [1.29, 1.82) is 0 Å². The topological polar surface area (TPSA) is 52.6 Å². The van der Waals surface area contributed by atoms with E-state index in [0.29, 0.717) is 13.2 Å². The number of hydrogen-bond acceptors (Lipinski definition) is 4. The van der Waals surface area contributed by atoms with Crippen LogP contribution in [-0.4, -0.2) is 35.4 Å². The summed E-state index contributed by atoms with van der Waals surface area (Å²) in [5.74, 6) is -0.396. The van der Waals surface area contributed by atoms with E-state index in [-0.39, 0.29) is 23.1 Å². The molecule has 0 N–H and O–H groups in total. The lowest BCUT2D eigenvalue weighted by Gasteiger charge is -2.14. The van der Waals surface area contributed by atoms with Gasteiger partial charge in [0.2, 0.25) is 11.6 Å². The highest BCUT2D eigenvalue weighted by molar-refractivity contribution is 9.09. The van der Waals surface area contributed by atoms with Crippen LogP contribution in [0.1, 0.15) is 25.7 Å². The Morgan fingerprint density at radius 3 is 1.50 bits per heavy atom. The molecule has 0 atom stereocenters. The van der Waals surface area contributed by atoms with E-state index in [1.54, 1.807) is 0 Å². The SMILES string of the molecule is O=C1C=C(OCCCCBr)C(=O)C=C1OCCCCBr. The van der Waals surface area contributed by atoms with Crippen LogP contribution in [0.5, 0.6) is 0 Å². The average molecular weight is 410 g/mol. The predicted molar refractivity (Wildman–Crippen MR) is 84.1 cm³/mol. The fraction of sp³-hybridized carbons (Fsp3) is 0.571. The first kappa shape index (κ1) is 17.4. The average Bonchev–Trinajstić information content (AvgIpc) is 2.44. The highest BCUT2D eigenvalue weighted by atomic mass is 79.9. The second-order valence-electron chi connectivity index (χ2n) is 4.23. The van der Waals surface area contributed by atoms with E-state index in [9.17, 15) is 9.59 Å². The Hall–Kier alpha value is -0.620. The number of alkyl halides is 2. The highest BCUT2D eigenvalue weighted by Crippen LogP contribution is 2.15. The minimum atomic E-state index is -0.307. The van der Waals surface area contributed by atoms with Crippen molar-refractivity contribution < 1.29 is 19.1 Å². The van der Waals surface area contributed by atoms with Crippen LogP contribution in [0.3, 0.4) is 0 Å². The number of ether oxygens (including phenoxy) is 2. The van der Waals surface area contributed by atoms with Crippen LogP contribution in [0, 0.1) is 0 Å². The van der Waals surface area contributed by atoms with Crippen LogP contribution in [0.4, 0.5) is 0 Å². The number of allylic oxidation sites excluding steroid dienone is 2. The quantitative estimate of drug-likeness (QED) is 0.315. The van der Waals surface area contributed by atoms with Gasteiger partial charge < -0.3 is 9.47 Å². The van der Waals surface area contributed by atoms with Gasteiger partial charge in [0.05, 0.1) is 13.2 Å². The Morgan fingerprint density at radius 2 is 1.15 bits per heavy atom. The summed E-state index contributed by atoms with van der Waals surface area (Å²) in [4.78, 5) is 23.6. The molecular formula is C14H18Br2O4. The number of hydrogen-bond donors (Lipinski definition) is 0. The molecule has 0 aromatic rings. The summed E-state index contributed by atoms with van der Waals surface area (Å²) in [6, 6.07) is 0. The maximum atomic E-state index is 11.8. The standard InChI is InChI=1S/C14H18Br2O4/c15-5-1-3-7-19-13-9-12(18)14(10-11(13)17)20-8-4-2-6-16/h9-10H,1-8H2. The Kier molecular flexibility index (Phi) is 8.85. The summed E-state index contributed by atoms with van der Waals surface area (Å²) in [7, 11) is 0. The zero-order valence-corrected chi connectivity index (χ0v) is 14.4. The third-order valence-corrected chi connectivity index (χ3v) is 3.70. The fourth-order valence-electron chi connectivity index (χ4n) is 1.51. The molecule has 0 heterocycles. The van der Waals surface area contributed by atoms with E-state index in [2.05, 4.69) is 31.9 Å². The number of ketones is 2. The van der Waals surface area contributed by atoms with Crippen LogP contribution in [0.25, 0.3) is 0 Å². The molecule has 0 saturated carbocycles. The van der Waals surface area contributed by atoms with Gasteiger partial charge in [-0.05, 0) is 25.7 Å². The molecule has 0 bridgehead atoms. The maximum absolute atomic E-state index is 11.8.